The molecule has 0 radical (unpaired) electrons. The fraction of sp³-hybridized carbons (Fsp3) is 0.533. The smallest absolute Gasteiger partial charge is 0.254 e. The van der Waals surface area contributed by atoms with Gasteiger partial charge in [-0.2, -0.15) is 0 Å². The summed E-state index contributed by atoms with van der Waals surface area (Å²) in [5.41, 5.74) is 0.679. The molecular weight excluding hydrogens is 370 g/mol. The molecule has 0 saturated heterocycles. The van der Waals surface area contributed by atoms with Gasteiger partial charge in [0.2, 0.25) is 0 Å². The first kappa shape index (κ1) is 15.7. The highest BCUT2D eigenvalue weighted by Gasteiger charge is 2.40. The van der Waals surface area contributed by atoms with E-state index >= 15 is 0 Å². The molecule has 1 amide bonds. The third-order valence-corrected chi connectivity index (χ3v) is 5.17. The molecule has 1 fully saturated rings. The molecule has 0 unspecified atom stereocenters. The molecule has 0 spiro atoms. The predicted molar refractivity (Wildman–Crippen MR) is 86.3 cm³/mol. The van der Waals surface area contributed by atoms with Gasteiger partial charge < -0.3 is 9.80 Å². The number of rotatable bonds is 4. The van der Waals surface area contributed by atoms with Crippen molar-refractivity contribution in [2.75, 3.05) is 27.7 Å². The molecule has 1 aromatic rings. The van der Waals surface area contributed by atoms with Gasteiger partial charge in [0.05, 0.1) is 5.56 Å². The number of benzene rings is 1. The second-order valence-electron chi connectivity index (χ2n) is 5.76. The molecule has 0 aromatic heterocycles. The van der Waals surface area contributed by atoms with Crippen molar-refractivity contribution in [3.63, 3.8) is 0 Å². The lowest BCUT2D eigenvalue weighted by atomic mass is 9.75. The summed E-state index contributed by atoms with van der Waals surface area (Å²) in [6.45, 7) is 0.715. The van der Waals surface area contributed by atoms with Crippen LogP contribution in [0.25, 0.3) is 0 Å². The lowest BCUT2D eigenvalue weighted by Gasteiger charge is -2.49. The van der Waals surface area contributed by atoms with Crippen LogP contribution in [-0.4, -0.2) is 48.9 Å². The number of carbonyl (C=O) groups excluding carboxylic acids is 1. The van der Waals surface area contributed by atoms with Crippen LogP contribution >= 0.6 is 22.6 Å². The van der Waals surface area contributed by atoms with E-state index in [1.165, 1.54) is 18.6 Å². The van der Waals surface area contributed by atoms with Gasteiger partial charge in [-0.1, -0.05) is 0 Å². The largest absolute Gasteiger partial charge is 0.340 e. The summed E-state index contributed by atoms with van der Waals surface area (Å²) >= 11 is 2.01. The Bertz CT molecular complexity index is 515. The van der Waals surface area contributed by atoms with Crippen molar-refractivity contribution in [3.8, 4) is 0 Å². The molecule has 20 heavy (non-hydrogen) atoms. The Kier molecular flexibility index (Phi) is 4.69. The molecule has 1 aliphatic carbocycles. The van der Waals surface area contributed by atoms with Crippen LogP contribution in [0.5, 0.6) is 0 Å². The fourth-order valence-electron chi connectivity index (χ4n) is 2.71. The maximum atomic E-state index is 13.1. The van der Waals surface area contributed by atoms with Crippen LogP contribution < -0.4 is 0 Å². The van der Waals surface area contributed by atoms with Crippen molar-refractivity contribution in [2.45, 2.75) is 24.8 Å². The molecule has 0 N–H and O–H groups in total. The van der Waals surface area contributed by atoms with Crippen LogP contribution in [0.2, 0.25) is 0 Å². The van der Waals surface area contributed by atoms with E-state index in [1.807, 2.05) is 29.6 Å². The Morgan fingerprint density at radius 3 is 2.45 bits per heavy atom. The van der Waals surface area contributed by atoms with Crippen molar-refractivity contribution in [1.82, 2.24) is 9.80 Å². The molecule has 5 heteroatoms. The topological polar surface area (TPSA) is 23.6 Å². The van der Waals surface area contributed by atoms with Crippen LogP contribution in [0.1, 0.15) is 29.6 Å². The molecule has 0 heterocycles. The molecule has 1 aliphatic rings. The van der Waals surface area contributed by atoms with Gasteiger partial charge in [0.25, 0.3) is 5.91 Å². The van der Waals surface area contributed by atoms with Gasteiger partial charge in [0.15, 0.2) is 0 Å². The highest BCUT2D eigenvalue weighted by Crippen LogP contribution is 2.36. The van der Waals surface area contributed by atoms with E-state index < -0.39 is 0 Å². The van der Waals surface area contributed by atoms with Crippen molar-refractivity contribution in [3.05, 3.63) is 33.1 Å². The molecule has 0 aliphatic heterocycles. The zero-order valence-electron chi connectivity index (χ0n) is 12.1. The van der Waals surface area contributed by atoms with Gasteiger partial charge in [-0.05, 0) is 74.1 Å². The second-order valence-corrected chi connectivity index (χ2v) is 6.92. The number of amides is 1. The summed E-state index contributed by atoms with van der Waals surface area (Å²) in [4.78, 5) is 16.5. The van der Waals surface area contributed by atoms with E-state index in [4.69, 9.17) is 0 Å². The van der Waals surface area contributed by atoms with Crippen molar-refractivity contribution >= 4 is 28.5 Å². The predicted octanol–water partition coefficient (Wildman–Crippen LogP) is 2.99. The molecule has 1 aromatic carbocycles. The molecule has 0 atom stereocenters. The maximum absolute atomic E-state index is 13.1. The number of halogens is 2. The van der Waals surface area contributed by atoms with E-state index in [0.29, 0.717) is 15.7 Å². The van der Waals surface area contributed by atoms with Crippen LogP contribution in [0.3, 0.4) is 0 Å². The minimum atomic E-state index is -0.308. The Morgan fingerprint density at radius 1 is 1.35 bits per heavy atom. The SMILES string of the molecule is CN(CC1(N(C)C)CCC1)C(=O)c1ccc(F)cc1I. The lowest BCUT2D eigenvalue weighted by Crippen LogP contribution is -2.57. The minimum Gasteiger partial charge on any atom is -0.340 e. The summed E-state index contributed by atoms with van der Waals surface area (Å²) in [6, 6.07) is 4.31. The first-order valence-corrected chi connectivity index (χ1v) is 7.81. The summed E-state index contributed by atoms with van der Waals surface area (Å²) in [7, 11) is 5.96. The Hall–Kier alpha value is -0.690. The van der Waals surface area contributed by atoms with Gasteiger partial charge in [-0.25, -0.2) is 4.39 Å². The summed E-state index contributed by atoms with van der Waals surface area (Å²) in [5.74, 6) is -0.347. The van der Waals surface area contributed by atoms with E-state index in [1.54, 1.807) is 11.0 Å². The number of carbonyl (C=O) groups is 1. The number of likely N-dealkylation sites (N-methyl/N-ethyl adjacent to an activating group) is 2. The molecule has 0 bridgehead atoms. The summed E-state index contributed by atoms with van der Waals surface area (Å²) in [6.07, 6.45) is 3.46. The third kappa shape index (κ3) is 2.98. The van der Waals surface area contributed by atoms with Crippen LogP contribution in [-0.2, 0) is 0 Å². The Labute approximate surface area is 133 Å². The first-order chi connectivity index (χ1) is 9.35. The average molecular weight is 390 g/mol. The molecule has 1 saturated carbocycles. The molecular formula is C15H20FIN2O. The van der Waals surface area contributed by atoms with Crippen molar-refractivity contribution in [2.24, 2.45) is 0 Å². The van der Waals surface area contributed by atoms with E-state index in [-0.39, 0.29) is 17.3 Å². The van der Waals surface area contributed by atoms with Gasteiger partial charge in [-0.15, -0.1) is 0 Å². The van der Waals surface area contributed by atoms with Crippen LogP contribution in [0.15, 0.2) is 18.2 Å². The van der Waals surface area contributed by atoms with Crippen LogP contribution in [0, 0.1) is 9.39 Å². The second kappa shape index (κ2) is 5.97. The third-order valence-electron chi connectivity index (χ3n) is 4.27. The zero-order chi connectivity index (χ0) is 14.9. The normalized spacial score (nSPS) is 16.9. The highest BCUT2D eigenvalue weighted by atomic mass is 127. The minimum absolute atomic E-state index is 0.0393. The number of hydrogen-bond donors (Lipinski definition) is 0. The maximum Gasteiger partial charge on any atom is 0.254 e. The Morgan fingerprint density at radius 2 is 2.00 bits per heavy atom. The average Bonchev–Trinajstić information content (AvgIpc) is 2.32. The fourth-order valence-corrected chi connectivity index (χ4v) is 3.42. The highest BCUT2D eigenvalue weighted by molar-refractivity contribution is 14.1. The summed E-state index contributed by atoms with van der Waals surface area (Å²) < 4.78 is 13.8. The quantitative estimate of drug-likeness (QED) is 0.739. The molecule has 110 valence electrons. The van der Waals surface area contributed by atoms with E-state index in [0.717, 1.165) is 12.8 Å². The zero-order valence-corrected chi connectivity index (χ0v) is 14.3. The number of nitrogens with zero attached hydrogens (tertiary/aromatic N) is 2. The van der Waals surface area contributed by atoms with Crippen LogP contribution in [0.4, 0.5) is 4.39 Å². The van der Waals surface area contributed by atoms with E-state index in [9.17, 15) is 9.18 Å². The van der Waals surface area contributed by atoms with Gasteiger partial charge in [0.1, 0.15) is 5.82 Å². The first-order valence-electron chi connectivity index (χ1n) is 6.74. The Balaban J connectivity index is 2.12. The van der Waals surface area contributed by atoms with E-state index in [2.05, 4.69) is 19.0 Å². The van der Waals surface area contributed by atoms with Crippen molar-refractivity contribution < 1.29 is 9.18 Å². The monoisotopic (exact) mass is 390 g/mol. The van der Waals surface area contributed by atoms with Gasteiger partial charge in [0, 0.05) is 22.7 Å². The van der Waals surface area contributed by atoms with Gasteiger partial charge >= 0.3 is 0 Å². The number of hydrogen-bond acceptors (Lipinski definition) is 2. The standard InChI is InChI=1S/C15H20FIN2O/c1-18(2)15(7-4-8-15)10-19(3)14(20)12-6-5-11(16)9-13(12)17/h5-6,9H,4,7-8,10H2,1-3H3. The van der Waals surface area contributed by atoms with Crippen molar-refractivity contribution in [1.29, 1.82) is 0 Å². The van der Waals surface area contributed by atoms with Gasteiger partial charge in [-0.3, -0.25) is 4.79 Å². The molecule has 2 rings (SSSR count). The summed E-state index contributed by atoms with van der Waals surface area (Å²) in [5, 5.41) is 0. The molecule has 3 nitrogen and oxygen atoms in total. The lowest BCUT2D eigenvalue weighted by molar-refractivity contribution is 0.0252.